The van der Waals surface area contributed by atoms with Crippen LogP contribution in [0.4, 0.5) is 5.13 Å². The van der Waals surface area contributed by atoms with Crippen LogP contribution in [0, 0.1) is 0 Å². The van der Waals surface area contributed by atoms with E-state index in [2.05, 4.69) is 20.3 Å². The molecule has 0 fully saturated rings. The lowest BCUT2D eigenvalue weighted by Crippen LogP contribution is -2.07. The Morgan fingerprint density at radius 1 is 1.32 bits per heavy atom. The monoisotopic (exact) mass is 452 g/mol. The molecule has 1 amide bonds. The van der Waals surface area contributed by atoms with Crippen molar-refractivity contribution in [1.82, 2.24) is 24.7 Å². The van der Waals surface area contributed by atoms with Crippen molar-refractivity contribution in [2.75, 3.05) is 5.32 Å². The summed E-state index contributed by atoms with van der Waals surface area (Å²) in [7, 11) is 0. The number of fused-ring (bicyclic) bond motifs is 3. The molecule has 2 N–H and O–H groups in total. The predicted molar refractivity (Wildman–Crippen MR) is 118 cm³/mol. The van der Waals surface area contributed by atoms with Crippen LogP contribution in [0.25, 0.3) is 27.6 Å². The lowest BCUT2D eigenvalue weighted by atomic mass is 9.96. The number of hydrogen-bond acceptors (Lipinski definition) is 7. The molecule has 4 aromatic rings. The van der Waals surface area contributed by atoms with Gasteiger partial charge in [0.05, 0.1) is 39.8 Å². The van der Waals surface area contributed by atoms with Gasteiger partial charge in [-0.2, -0.15) is 5.10 Å². The van der Waals surface area contributed by atoms with Crippen LogP contribution in [0.3, 0.4) is 0 Å². The first kappa shape index (κ1) is 19.8. The molecule has 1 aliphatic carbocycles. The number of aryl methyl sites for hydroxylation is 1. The van der Waals surface area contributed by atoms with E-state index in [1.165, 1.54) is 18.3 Å². The van der Waals surface area contributed by atoms with E-state index in [4.69, 9.17) is 16.7 Å². The van der Waals surface area contributed by atoms with Crippen molar-refractivity contribution in [2.45, 2.75) is 26.4 Å². The molecule has 0 radical (unpaired) electrons. The zero-order valence-electron chi connectivity index (χ0n) is 16.5. The van der Waals surface area contributed by atoms with Gasteiger partial charge >= 0.3 is 0 Å². The second kappa shape index (κ2) is 7.84. The first-order chi connectivity index (χ1) is 15.0. The minimum atomic E-state index is -0.164. The van der Waals surface area contributed by atoms with E-state index < -0.39 is 0 Å². The largest absolute Gasteiger partial charge is 0.392 e. The maximum absolute atomic E-state index is 11.5. The molecule has 0 spiro atoms. The number of aromatic nitrogens is 5. The first-order valence-corrected chi connectivity index (χ1v) is 10.8. The number of nitrogens with one attached hydrogen (secondary N) is 1. The fourth-order valence-corrected chi connectivity index (χ4v) is 5.10. The van der Waals surface area contributed by atoms with Crippen molar-refractivity contribution < 1.29 is 9.90 Å². The third-order valence-electron chi connectivity index (χ3n) is 5.02. The number of nitrogens with zero attached hydrogens (tertiary/aromatic N) is 5. The highest BCUT2D eigenvalue weighted by atomic mass is 35.5. The molecular formula is C21H17ClN6O2S. The number of rotatable bonds is 4. The summed E-state index contributed by atoms with van der Waals surface area (Å²) in [5, 5.41) is 18.1. The van der Waals surface area contributed by atoms with Crippen molar-refractivity contribution in [3.8, 4) is 27.6 Å². The molecule has 0 aliphatic heterocycles. The fourth-order valence-electron chi connectivity index (χ4n) is 3.70. The van der Waals surface area contributed by atoms with Gasteiger partial charge in [0.25, 0.3) is 0 Å². The molecular weight excluding hydrogens is 436 g/mol. The van der Waals surface area contributed by atoms with Gasteiger partial charge in [-0.25, -0.2) is 9.67 Å². The topological polar surface area (TPSA) is 106 Å². The van der Waals surface area contributed by atoms with Crippen LogP contribution < -0.4 is 5.32 Å². The molecule has 0 saturated heterocycles. The summed E-state index contributed by atoms with van der Waals surface area (Å²) in [6.07, 6.45) is 6.41. The van der Waals surface area contributed by atoms with Gasteiger partial charge in [-0.05, 0) is 30.5 Å². The van der Waals surface area contributed by atoms with Gasteiger partial charge < -0.3 is 10.4 Å². The van der Waals surface area contributed by atoms with Crippen molar-refractivity contribution in [2.24, 2.45) is 0 Å². The minimum Gasteiger partial charge on any atom is -0.392 e. The van der Waals surface area contributed by atoms with Gasteiger partial charge in [-0.1, -0.05) is 29.0 Å². The Bertz CT molecular complexity index is 1300. The first-order valence-electron chi connectivity index (χ1n) is 9.60. The second-order valence-corrected chi connectivity index (χ2v) is 8.50. The Morgan fingerprint density at radius 2 is 2.19 bits per heavy atom. The van der Waals surface area contributed by atoms with Crippen LogP contribution in [0.5, 0.6) is 0 Å². The van der Waals surface area contributed by atoms with Crippen LogP contribution in [-0.4, -0.2) is 35.7 Å². The molecule has 0 bridgehead atoms. The van der Waals surface area contributed by atoms with E-state index in [-0.39, 0.29) is 12.5 Å². The zero-order chi connectivity index (χ0) is 21.5. The fraction of sp³-hybridized carbons (Fsp3) is 0.190. The molecule has 0 saturated carbocycles. The van der Waals surface area contributed by atoms with E-state index in [1.807, 2.05) is 12.1 Å². The van der Waals surface area contributed by atoms with E-state index >= 15 is 0 Å². The predicted octanol–water partition coefficient (Wildman–Crippen LogP) is 3.66. The van der Waals surface area contributed by atoms with Gasteiger partial charge in [-0.15, -0.1) is 0 Å². The zero-order valence-corrected chi connectivity index (χ0v) is 18.0. The molecule has 0 unspecified atom stereocenters. The number of carbonyl (C=O) groups is 1. The van der Waals surface area contributed by atoms with Crippen LogP contribution in [-0.2, 0) is 24.2 Å². The molecule has 0 atom stereocenters. The van der Waals surface area contributed by atoms with Crippen molar-refractivity contribution >= 4 is 34.0 Å². The second-order valence-electron chi connectivity index (χ2n) is 7.10. The molecule has 156 valence electrons. The Labute approximate surface area is 186 Å². The summed E-state index contributed by atoms with van der Waals surface area (Å²) in [5.41, 5.74) is 5.66. The number of carbonyl (C=O) groups excluding carboxylic acids is 1. The van der Waals surface area contributed by atoms with E-state index in [1.54, 1.807) is 29.3 Å². The highest BCUT2D eigenvalue weighted by Gasteiger charge is 2.30. The number of aliphatic hydroxyl groups is 1. The lowest BCUT2D eigenvalue weighted by Gasteiger charge is -2.15. The molecule has 3 heterocycles. The van der Waals surface area contributed by atoms with Crippen LogP contribution >= 0.6 is 22.9 Å². The number of aliphatic hydroxyl groups excluding tert-OH is 1. The molecule has 8 nitrogen and oxygen atoms in total. The SMILES string of the molecule is CC(=O)Nc1nc2c(s1)-c1c(c(-c3cnccn3)nn1-c1ccc(CO)cc1Cl)CC2. The molecule has 5 rings (SSSR count). The number of anilines is 1. The smallest absolute Gasteiger partial charge is 0.223 e. The molecule has 1 aromatic carbocycles. The van der Waals surface area contributed by atoms with Crippen molar-refractivity contribution in [3.63, 3.8) is 0 Å². The maximum atomic E-state index is 11.5. The Hall–Kier alpha value is -3.14. The van der Waals surface area contributed by atoms with Crippen molar-refractivity contribution in [3.05, 3.63) is 58.6 Å². The van der Waals surface area contributed by atoms with Crippen LogP contribution in [0.1, 0.15) is 23.7 Å². The number of benzene rings is 1. The Kier molecular flexibility index (Phi) is 5.01. The number of amides is 1. The van der Waals surface area contributed by atoms with Crippen LogP contribution in [0.2, 0.25) is 5.02 Å². The third kappa shape index (κ3) is 3.50. The van der Waals surface area contributed by atoms with E-state index in [0.717, 1.165) is 45.9 Å². The Balaban J connectivity index is 1.75. The number of hydrogen-bond donors (Lipinski definition) is 2. The Morgan fingerprint density at radius 3 is 2.90 bits per heavy atom. The molecule has 3 aromatic heterocycles. The summed E-state index contributed by atoms with van der Waals surface area (Å²) in [4.78, 5) is 25.7. The summed E-state index contributed by atoms with van der Waals surface area (Å²) in [5.74, 6) is -0.164. The highest BCUT2D eigenvalue weighted by molar-refractivity contribution is 7.19. The number of thiazole rings is 1. The maximum Gasteiger partial charge on any atom is 0.223 e. The quantitative estimate of drug-likeness (QED) is 0.489. The summed E-state index contributed by atoms with van der Waals surface area (Å²) < 4.78 is 1.80. The third-order valence-corrected chi connectivity index (χ3v) is 6.34. The van der Waals surface area contributed by atoms with Gasteiger partial charge in [0, 0.05) is 24.9 Å². The van der Waals surface area contributed by atoms with Gasteiger partial charge in [-0.3, -0.25) is 14.8 Å². The van der Waals surface area contributed by atoms with Crippen molar-refractivity contribution in [1.29, 1.82) is 0 Å². The molecule has 10 heteroatoms. The number of halogens is 1. The van der Waals surface area contributed by atoms with E-state index in [0.29, 0.717) is 21.5 Å². The molecule has 1 aliphatic rings. The average Bonchev–Trinajstić information content (AvgIpc) is 3.34. The van der Waals surface area contributed by atoms with Gasteiger partial charge in [0.15, 0.2) is 5.13 Å². The normalized spacial score (nSPS) is 12.4. The summed E-state index contributed by atoms with van der Waals surface area (Å²) in [6.45, 7) is 1.37. The average molecular weight is 453 g/mol. The standard InChI is InChI=1S/C21H17ClN6O2S/c1-11(30)25-21-26-15-4-3-13-18(16-9-23-6-7-24-16)27-28(19(13)20(15)31-21)17-5-2-12(10-29)8-14(17)22/h2,5-9,29H,3-4,10H2,1H3,(H,25,26,30). The van der Waals surface area contributed by atoms with Crippen LogP contribution in [0.15, 0.2) is 36.8 Å². The van der Waals surface area contributed by atoms with E-state index in [9.17, 15) is 9.90 Å². The van der Waals surface area contributed by atoms with Gasteiger partial charge in [0.2, 0.25) is 5.91 Å². The lowest BCUT2D eigenvalue weighted by molar-refractivity contribution is -0.114. The minimum absolute atomic E-state index is 0.0961. The molecule has 31 heavy (non-hydrogen) atoms. The highest BCUT2D eigenvalue weighted by Crippen LogP contribution is 2.44. The summed E-state index contributed by atoms with van der Waals surface area (Å²) >= 11 is 7.99. The van der Waals surface area contributed by atoms with Gasteiger partial charge in [0.1, 0.15) is 11.4 Å². The summed E-state index contributed by atoms with van der Waals surface area (Å²) in [6, 6.07) is 5.38.